The fourth-order valence-electron chi connectivity index (χ4n) is 1.62. The van der Waals surface area contributed by atoms with Crippen LogP contribution in [0.1, 0.15) is 0 Å². The van der Waals surface area contributed by atoms with Crippen LogP contribution in [0.3, 0.4) is 0 Å². The van der Waals surface area contributed by atoms with Gasteiger partial charge in [-0.05, 0) is 46.9 Å². The maximum absolute atomic E-state index is 11.9. The summed E-state index contributed by atoms with van der Waals surface area (Å²) < 4.78 is 5.57. The first kappa shape index (κ1) is 12.9. The first-order valence-electron chi connectivity index (χ1n) is 5.29. The highest BCUT2D eigenvalue weighted by Gasteiger charge is 2.20. The lowest BCUT2D eigenvalue weighted by Crippen LogP contribution is -2.25. The van der Waals surface area contributed by atoms with Crippen molar-refractivity contribution < 1.29 is 9.53 Å². The van der Waals surface area contributed by atoms with Crippen LogP contribution in [0.5, 0.6) is 0 Å². The Kier molecular flexibility index (Phi) is 4.19. The number of para-hydroxylation sites is 2. The number of rotatable bonds is 2. The van der Waals surface area contributed by atoms with E-state index in [0.29, 0.717) is 0 Å². The molecule has 91 valence electrons. The number of carbonyl (C=O) groups excluding carboxylic acids is 1. The smallest absolute Gasteiger partial charge is 0.419 e. The first-order valence-corrected chi connectivity index (χ1v) is 6.37. The lowest BCUT2D eigenvalue weighted by molar-refractivity contribution is 0.194. The number of carbonyl (C=O) groups is 1. The lowest BCUT2D eigenvalue weighted by Gasteiger charge is -2.22. The van der Waals surface area contributed by atoms with Crippen molar-refractivity contribution in [1.29, 1.82) is 0 Å². The maximum atomic E-state index is 11.9. The number of benzene rings is 2. The van der Waals surface area contributed by atoms with Gasteiger partial charge in [0, 0.05) is 3.57 Å². The minimum absolute atomic E-state index is 0.509. The summed E-state index contributed by atoms with van der Waals surface area (Å²) in [7, 11) is 3.19. The van der Waals surface area contributed by atoms with E-state index in [4.69, 9.17) is 0 Å². The van der Waals surface area contributed by atoms with E-state index < -0.39 is 6.09 Å². The summed E-state index contributed by atoms with van der Waals surface area (Å²) in [6, 6.07) is 16.9. The van der Waals surface area contributed by atoms with Crippen LogP contribution in [0.4, 0.5) is 16.2 Å². The molecule has 0 aliphatic heterocycles. The van der Waals surface area contributed by atoms with E-state index in [1.54, 1.807) is 0 Å². The molecule has 0 N–H and O–H groups in total. The number of amides is 1. The first-order chi connectivity index (χ1) is 8.74. The molecule has 0 aliphatic rings. The molecule has 2 aromatic rings. The molecular formula is C14H11INO2. The van der Waals surface area contributed by atoms with Gasteiger partial charge >= 0.3 is 6.09 Å². The van der Waals surface area contributed by atoms with Gasteiger partial charge in [0.25, 0.3) is 0 Å². The zero-order valence-electron chi connectivity index (χ0n) is 9.54. The molecule has 0 aliphatic carbocycles. The van der Waals surface area contributed by atoms with E-state index in [0.717, 1.165) is 14.9 Å². The molecule has 0 atom stereocenters. The molecule has 0 spiro atoms. The zero-order valence-corrected chi connectivity index (χ0v) is 11.7. The highest BCUT2D eigenvalue weighted by Crippen LogP contribution is 2.30. The van der Waals surface area contributed by atoms with E-state index in [2.05, 4.69) is 34.4 Å². The van der Waals surface area contributed by atoms with Crippen LogP contribution in [-0.2, 0) is 4.74 Å². The van der Waals surface area contributed by atoms with Crippen LogP contribution < -0.4 is 4.90 Å². The van der Waals surface area contributed by atoms with Crippen LogP contribution in [-0.4, -0.2) is 6.09 Å². The molecule has 4 heteroatoms. The van der Waals surface area contributed by atoms with Crippen molar-refractivity contribution in [2.45, 2.75) is 0 Å². The summed E-state index contributed by atoms with van der Waals surface area (Å²) >= 11 is 2.18. The lowest BCUT2D eigenvalue weighted by atomic mass is 10.2. The molecule has 0 saturated heterocycles. The summed E-state index contributed by atoms with van der Waals surface area (Å²) in [5, 5.41) is 0. The van der Waals surface area contributed by atoms with E-state index in [1.165, 1.54) is 4.90 Å². The second-order valence-electron chi connectivity index (χ2n) is 3.53. The van der Waals surface area contributed by atoms with Gasteiger partial charge < -0.3 is 4.74 Å². The van der Waals surface area contributed by atoms with Gasteiger partial charge in [0.05, 0.1) is 11.4 Å². The minimum Gasteiger partial charge on any atom is -0.445 e. The second kappa shape index (κ2) is 5.86. The molecule has 3 nitrogen and oxygen atoms in total. The van der Waals surface area contributed by atoms with E-state index in [1.807, 2.05) is 54.6 Å². The minimum atomic E-state index is -0.509. The molecule has 18 heavy (non-hydrogen) atoms. The Morgan fingerprint density at radius 1 is 1.06 bits per heavy atom. The molecule has 0 unspecified atom stereocenters. The number of ether oxygens (including phenoxy) is 1. The average Bonchev–Trinajstić information content (AvgIpc) is 2.42. The third-order valence-electron chi connectivity index (χ3n) is 2.41. The van der Waals surface area contributed by atoms with Crippen LogP contribution in [0, 0.1) is 10.7 Å². The van der Waals surface area contributed by atoms with Crippen LogP contribution >= 0.6 is 22.6 Å². The summed E-state index contributed by atoms with van der Waals surface area (Å²) in [4.78, 5) is 13.4. The third-order valence-corrected chi connectivity index (χ3v) is 3.33. The van der Waals surface area contributed by atoms with E-state index in [-0.39, 0.29) is 0 Å². The molecular weight excluding hydrogens is 341 g/mol. The Hall–Kier alpha value is -1.56. The number of hydrogen-bond donors (Lipinski definition) is 0. The van der Waals surface area contributed by atoms with Gasteiger partial charge in [-0.1, -0.05) is 30.3 Å². The summed E-state index contributed by atoms with van der Waals surface area (Å²) in [5.74, 6) is 0. The van der Waals surface area contributed by atoms with Gasteiger partial charge in [0.1, 0.15) is 7.11 Å². The highest BCUT2D eigenvalue weighted by atomic mass is 127. The van der Waals surface area contributed by atoms with Crippen molar-refractivity contribution in [2.75, 3.05) is 4.90 Å². The van der Waals surface area contributed by atoms with Crippen molar-refractivity contribution in [3.05, 3.63) is 65.3 Å². The zero-order chi connectivity index (χ0) is 13.0. The molecule has 2 aromatic carbocycles. The second-order valence-corrected chi connectivity index (χ2v) is 4.69. The average molecular weight is 352 g/mol. The monoisotopic (exact) mass is 352 g/mol. The maximum Gasteiger partial charge on any atom is 0.419 e. The fraction of sp³-hybridized carbons (Fsp3) is 0. The van der Waals surface area contributed by atoms with Gasteiger partial charge in [0.2, 0.25) is 0 Å². The molecule has 2 rings (SSSR count). The van der Waals surface area contributed by atoms with Gasteiger partial charge in [-0.25, -0.2) is 9.69 Å². The molecule has 1 radical (unpaired) electrons. The SMILES string of the molecule is [CH2]OC(=O)N(c1ccccc1)c1ccccc1I. The molecule has 0 bridgehead atoms. The highest BCUT2D eigenvalue weighted by molar-refractivity contribution is 14.1. The fourth-order valence-corrected chi connectivity index (χ4v) is 2.25. The van der Waals surface area contributed by atoms with Crippen molar-refractivity contribution in [3.63, 3.8) is 0 Å². The van der Waals surface area contributed by atoms with Crippen LogP contribution in [0.2, 0.25) is 0 Å². The van der Waals surface area contributed by atoms with Gasteiger partial charge in [-0.15, -0.1) is 0 Å². The Labute approximate surface area is 120 Å². The normalized spacial score (nSPS) is 9.89. The summed E-state index contributed by atoms with van der Waals surface area (Å²) in [6.07, 6.45) is -0.509. The molecule has 0 fully saturated rings. The van der Waals surface area contributed by atoms with Gasteiger partial charge in [-0.3, -0.25) is 0 Å². The van der Waals surface area contributed by atoms with Crippen molar-refractivity contribution in [1.82, 2.24) is 0 Å². The number of anilines is 2. The number of nitrogens with zero attached hydrogens (tertiary/aromatic N) is 1. The molecule has 0 heterocycles. The third kappa shape index (κ3) is 2.64. The van der Waals surface area contributed by atoms with Gasteiger partial charge in [-0.2, -0.15) is 0 Å². The Morgan fingerprint density at radius 2 is 1.67 bits per heavy atom. The van der Waals surface area contributed by atoms with E-state index >= 15 is 0 Å². The Morgan fingerprint density at radius 3 is 2.28 bits per heavy atom. The van der Waals surface area contributed by atoms with Gasteiger partial charge in [0.15, 0.2) is 0 Å². The van der Waals surface area contributed by atoms with Crippen molar-refractivity contribution in [2.24, 2.45) is 0 Å². The standard InChI is InChI=1S/C14H11INO2/c1-18-14(17)16(11-7-3-2-4-8-11)13-10-6-5-9-12(13)15/h2-10H,1H2. The van der Waals surface area contributed by atoms with Crippen molar-refractivity contribution >= 4 is 40.1 Å². The molecule has 0 saturated carbocycles. The van der Waals surface area contributed by atoms with Crippen molar-refractivity contribution in [3.8, 4) is 0 Å². The molecule has 1 amide bonds. The summed E-state index contributed by atoms with van der Waals surface area (Å²) in [6.45, 7) is 0. The number of hydrogen-bond acceptors (Lipinski definition) is 2. The van der Waals surface area contributed by atoms with Crippen LogP contribution in [0.15, 0.2) is 54.6 Å². The largest absolute Gasteiger partial charge is 0.445 e. The Bertz CT molecular complexity index is 543. The quantitative estimate of drug-likeness (QED) is 0.752. The van der Waals surface area contributed by atoms with E-state index in [9.17, 15) is 4.79 Å². The summed E-state index contributed by atoms with van der Waals surface area (Å²) in [5.41, 5.74) is 1.52. The van der Waals surface area contributed by atoms with Crippen LogP contribution in [0.25, 0.3) is 0 Å². The Balaban J connectivity index is 2.51. The predicted molar refractivity (Wildman–Crippen MR) is 79.6 cm³/mol. The predicted octanol–water partition coefficient (Wildman–Crippen LogP) is 4.36. The topological polar surface area (TPSA) is 29.5 Å². The molecule has 0 aromatic heterocycles. The number of halogens is 1.